The molecule has 94 valence electrons. The van der Waals surface area contributed by atoms with E-state index in [9.17, 15) is 5.11 Å². The monoisotopic (exact) mass is 236 g/mol. The summed E-state index contributed by atoms with van der Waals surface area (Å²) in [5.41, 5.74) is 0.910. The van der Waals surface area contributed by atoms with E-state index >= 15 is 0 Å². The van der Waals surface area contributed by atoms with Crippen LogP contribution in [0.4, 0.5) is 5.82 Å². The van der Waals surface area contributed by atoms with Gasteiger partial charge in [-0.15, -0.1) is 0 Å². The number of hydrogen-bond acceptors (Lipinski definition) is 4. The summed E-state index contributed by atoms with van der Waals surface area (Å²) < 4.78 is 5.61. The highest BCUT2D eigenvalue weighted by Gasteiger charge is 2.16. The largest absolute Gasteiger partial charge is 0.389 e. The molecule has 1 aliphatic heterocycles. The Bertz CT molecular complexity index is 368. The molecule has 1 aromatic heterocycles. The van der Waals surface area contributed by atoms with Gasteiger partial charge in [-0.25, -0.2) is 4.98 Å². The van der Waals surface area contributed by atoms with Crippen molar-refractivity contribution < 1.29 is 9.84 Å². The lowest BCUT2D eigenvalue weighted by atomic mass is 10.1. The van der Waals surface area contributed by atoms with Gasteiger partial charge in [-0.2, -0.15) is 0 Å². The minimum absolute atomic E-state index is 0.231. The van der Waals surface area contributed by atoms with E-state index in [-0.39, 0.29) is 6.10 Å². The summed E-state index contributed by atoms with van der Waals surface area (Å²) in [6, 6.07) is 3.81. The minimum Gasteiger partial charge on any atom is -0.389 e. The van der Waals surface area contributed by atoms with E-state index in [2.05, 4.69) is 16.8 Å². The molecule has 0 amide bonds. The normalized spacial score (nSPS) is 23.2. The van der Waals surface area contributed by atoms with Crippen molar-refractivity contribution in [1.82, 2.24) is 4.98 Å². The van der Waals surface area contributed by atoms with Gasteiger partial charge in [0.05, 0.1) is 12.2 Å². The van der Waals surface area contributed by atoms with Gasteiger partial charge in [0.25, 0.3) is 0 Å². The highest BCUT2D eigenvalue weighted by atomic mass is 16.5. The zero-order valence-electron chi connectivity index (χ0n) is 10.5. The standard InChI is InChI=1S/C13H20N2O2/c1-10-9-15(6-3-7-17-10)13-8-12(11(2)16)4-5-14-13/h4-5,8,10-11,16H,3,6-7,9H2,1-2H3. The van der Waals surface area contributed by atoms with E-state index < -0.39 is 6.10 Å². The van der Waals surface area contributed by atoms with E-state index in [1.165, 1.54) is 0 Å². The molecule has 0 spiro atoms. The fourth-order valence-electron chi connectivity index (χ4n) is 2.07. The van der Waals surface area contributed by atoms with Gasteiger partial charge in [0.1, 0.15) is 5.82 Å². The summed E-state index contributed by atoms with van der Waals surface area (Å²) in [7, 11) is 0. The second-order valence-corrected chi connectivity index (χ2v) is 4.60. The van der Waals surface area contributed by atoms with E-state index in [1.807, 2.05) is 12.1 Å². The van der Waals surface area contributed by atoms with Crippen molar-refractivity contribution >= 4 is 5.82 Å². The van der Waals surface area contributed by atoms with Crippen LogP contribution in [-0.2, 0) is 4.74 Å². The zero-order chi connectivity index (χ0) is 12.3. The van der Waals surface area contributed by atoms with Crippen LogP contribution in [0.25, 0.3) is 0 Å². The molecular weight excluding hydrogens is 216 g/mol. The van der Waals surface area contributed by atoms with Gasteiger partial charge >= 0.3 is 0 Å². The highest BCUT2D eigenvalue weighted by Crippen LogP contribution is 2.19. The SMILES string of the molecule is CC1CN(c2cc(C(C)O)ccn2)CCCO1. The summed E-state index contributed by atoms with van der Waals surface area (Å²) in [5.74, 6) is 0.931. The van der Waals surface area contributed by atoms with Crippen molar-refractivity contribution in [1.29, 1.82) is 0 Å². The Morgan fingerprint density at radius 3 is 3.18 bits per heavy atom. The lowest BCUT2D eigenvalue weighted by molar-refractivity contribution is 0.0820. The topological polar surface area (TPSA) is 45.6 Å². The molecule has 2 atom stereocenters. The first-order valence-electron chi connectivity index (χ1n) is 6.17. The van der Waals surface area contributed by atoms with Crippen molar-refractivity contribution in [3.05, 3.63) is 23.9 Å². The molecule has 4 nitrogen and oxygen atoms in total. The molecule has 1 fully saturated rings. The number of rotatable bonds is 2. The Kier molecular flexibility index (Phi) is 3.97. The molecule has 17 heavy (non-hydrogen) atoms. The fraction of sp³-hybridized carbons (Fsp3) is 0.615. The van der Waals surface area contributed by atoms with Crippen molar-refractivity contribution in [2.75, 3.05) is 24.6 Å². The van der Waals surface area contributed by atoms with E-state index in [0.29, 0.717) is 0 Å². The van der Waals surface area contributed by atoms with Gasteiger partial charge in [0.15, 0.2) is 0 Å². The van der Waals surface area contributed by atoms with Crippen molar-refractivity contribution in [2.24, 2.45) is 0 Å². The number of aliphatic hydroxyl groups is 1. The van der Waals surface area contributed by atoms with Gasteiger partial charge in [-0.3, -0.25) is 0 Å². The molecular formula is C13H20N2O2. The first-order chi connectivity index (χ1) is 8.16. The first kappa shape index (κ1) is 12.3. The van der Waals surface area contributed by atoms with Crippen LogP contribution in [0.2, 0.25) is 0 Å². The molecule has 1 aromatic rings. The highest BCUT2D eigenvalue weighted by molar-refractivity contribution is 5.41. The molecule has 4 heteroatoms. The molecule has 1 saturated heterocycles. The average Bonchev–Trinajstić information content (AvgIpc) is 2.54. The summed E-state index contributed by atoms with van der Waals surface area (Å²) in [5, 5.41) is 9.58. The van der Waals surface area contributed by atoms with Crippen LogP contribution in [0.1, 0.15) is 31.9 Å². The second-order valence-electron chi connectivity index (χ2n) is 4.60. The minimum atomic E-state index is -0.447. The summed E-state index contributed by atoms with van der Waals surface area (Å²) in [6.07, 6.45) is 2.56. The van der Waals surface area contributed by atoms with Gasteiger partial charge in [0.2, 0.25) is 0 Å². The summed E-state index contributed by atoms with van der Waals surface area (Å²) >= 11 is 0. The van der Waals surface area contributed by atoms with E-state index in [4.69, 9.17) is 4.74 Å². The average molecular weight is 236 g/mol. The Hall–Kier alpha value is -1.13. The third-order valence-electron chi connectivity index (χ3n) is 3.03. The maximum absolute atomic E-state index is 9.58. The predicted molar refractivity (Wildman–Crippen MR) is 67.1 cm³/mol. The Labute approximate surface area is 102 Å². The van der Waals surface area contributed by atoms with Crippen molar-refractivity contribution in [3.8, 4) is 0 Å². The van der Waals surface area contributed by atoms with Crippen LogP contribution in [0.15, 0.2) is 18.3 Å². The van der Waals surface area contributed by atoms with Gasteiger partial charge in [-0.05, 0) is 38.0 Å². The predicted octanol–water partition coefficient (Wildman–Crippen LogP) is 1.75. The first-order valence-corrected chi connectivity index (χ1v) is 6.17. The molecule has 2 heterocycles. The smallest absolute Gasteiger partial charge is 0.128 e. The van der Waals surface area contributed by atoms with Crippen LogP contribution in [-0.4, -0.2) is 35.9 Å². The molecule has 2 unspecified atom stereocenters. The maximum Gasteiger partial charge on any atom is 0.128 e. The summed E-state index contributed by atoms with van der Waals surface area (Å²) in [4.78, 5) is 6.61. The number of ether oxygens (including phenoxy) is 1. The molecule has 0 bridgehead atoms. The van der Waals surface area contributed by atoms with Crippen LogP contribution in [0.3, 0.4) is 0 Å². The molecule has 2 rings (SSSR count). The Morgan fingerprint density at radius 2 is 2.41 bits per heavy atom. The number of aromatic nitrogens is 1. The Morgan fingerprint density at radius 1 is 1.59 bits per heavy atom. The number of hydrogen-bond donors (Lipinski definition) is 1. The summed E-state index contributed by atoms with van der Waals surface area (Å²) in [6.45, 7) is 6.48. The van der Waals surface area contributed by atoms with Crippen molar-refractivity contribution in [2.45, 2.75) is 32.5 Å². The van der Waals surface area contributed by atoms with Crippen molar-refractivity contribution in [3.63, 3.8) is 0 Å². The molecule has 1 N–H and O–H groups in total. The second kappa shape index (κ2) is 5.47. The number of aliphatic hydroxyl groups excluding tert-OH is 1. The van der Waals surface area contributed by atoms with Gasteiger partial charge in [0, 0.05) is 25.9 Å². The van der Waals surface area contributed by atoms with Gasteiger partial charge < -0.3 is 14.7 Å². The molecule has 0 saturated carbocycles. The van der Waals surface area contributed by atoms with E-state index in [1.54, 1.807) is 13.1 Å². The molecule has 1 aliphatic rings. The molecule has 0 radical (unpaired) electrons. The lowest BCUT2D eigenvalue weighted by Crippen LogP contribution is -2.30. The fourth-order valence-corrected chi connectivity index (χ4v) is 2.07. The molecule has 0 aromatic carbocycles. The molecule has 0 aliphatic carbocycles. The Balaban J connectivity index is 2.17. The quantitative estimate of drug-likeness (QED) is 0.849. The van der Waals surface area contributed by atoms with Crippen LogP contribution in [0.5, 0.6) is 0 Å². The van der Waals surface area contributed by atoms with Gasteiger partial charge in [-0.1, -0.05) is 0 Å². The van der Waals surface area contributed by atoms with Crippen LogP contribution >= 0.6 is 0 Å². The van der Waals surface area contributed by atoms with E-state index in [0.717, 1.165) is 37.5 Å². The maximum atomic E-state index is 9.58. The third-order valence-corrected chi connectivity index (χ3v) is 3.03. The zero-order valence-corrected chi connectivity index (χ0v) is 10.5. The number of anilines is 1. The lowest BCUT2D eigenvalue weighted by Gasteiger charge is -2.23. The number of nitrogens with zero attached hydrogens (tertiary/aromatic N) is 2. The van der Waals surface area contributed by atoms with Crippen LogP contribution < -0.4 is 4.90 Å². The number of pyridine rings is 1. The third kappa shape index (κ3) is 3.17. The van der Waals surface area contributed by atoms with Crippen LogP contribution in [0, 0.1) is 0 Å².